The molecule has 0 saturated heterocycles. The molecule has 0 aliphatic carbocycles. The molecule has 2 aromatic rings. The van der Waals surface area contributed by atoms with Crippen LogP contribution < -0.4 is 0 Å². The lowest BCUT2D eigenvalue weighted by molar-refractivity contribution is 0.624. The first-order valence-corrected chi connectivity index (χ1v) is 4.44. The zero-order chi connectivity index (χ0) is 9.97. The largest absolute Gasteiger partial charge is 0.207 e. The van der Waals surface area contributed by atoms with E-state index in [1.54, 1.807) is 12.1 Å². The lowest BCUT2D eigenvalue weighted by atomic mass is 10.3. The van der Waals surface area contributed by atoms with E-state index >= 15 is 0 Å². The molecule has 1 aromatic heterocycles. The lowest BCUT2D eigenvalue weighted by Crippen LogP contribution is -2.01. The molecular weight excluding hydrogens is 207 g/mol. The van der Waals surface area contributed by atoms with Crippen molar-refractivity contribution in [3.8, 4) is 5.69 Å². The summed E-state index contributed by atoms with van der Waals surface area (Å²) in [6, 6.07) is 5.99. The highest BCUT2D eigenvalue weighted by atomic mass is 35.5. The number of nitrogens with zero attached hydrogens (tertiary/aromatic N) is 4. The lowest BCUT2D eigenvalue weighted by Gasteiger charge is -2.01. The molecule has 2 rings (SSSR count). The van der Waals surface area contributed by atoms with Crippen molar-refractivity contribution in [2.75, 3.05) is 0 Å². The van der Waals surface area contributed by atoms with Crippen molar-refractivity contribution in [2.45, 2.75) is 5.88 Å². The molecule has 1 heterocycles. The van der Waals surface area contributed by atoms with Gasteiger partial charge >= 0.3 is 0 Å². The van der Waals surface area contributed by atoms with Gasteiger partial charge in [0.1, 0.15) is 5.82 Å². The number of rotatable bonds is 2. The fraction of sp³-hybridized carbons (Fsp3) is 0.125. The molecule has 0 bridgehead atoms. The molecule has 0 radical (unpaired) electrons. The first kappa shape index (κ1) is 9.08. The molecule has 0 spiro atoms. The van der Waals surface area contributed by atoms with Crippen molar-refractivity contribution in [1.29, 1.82) is 0 Å². The van der Waals surface area contributed by atoms with Gasteiger partial charge in [0, 0.05) is 0 Å². The van der Waals surface area contributed by atoms with E-state index in [4.69, 9.17) is 11.6 Å². The Kier molecular flexibility index (Phi) is 2.41. The summed E-state index contributed by atoms with van der Waals surface area (Å²) in [5, 5.41) is 10.8. The van der Waals surface area contributed by atoms with Crippen LogP contribution in [0.3, 0.4) is 0 Å². The normalized spacial score (nSPS) is 10.4. The summed E-state index contributed by atoms with van der Waals surface area (Å²) in [7, 11) is 0. The van der Waals surface area contributed by atoms with Crippen molar-refractivity contribution in [2.24, 2.45) is 0 Å². The standard InChI is InChI=1S/C8H6ClFN4/c9-5-8-11-12-13-14(8)7-3-1-2-6(10)4-7/h1-4H,5H2. The third-order valence-corrected chi connectivity index (χ3v) is 1.95. The van der Waals surface area contributed by atoms with E-state index in [0.717, 1.165) is 0 Å². The Balaban J connectivity index is 2.49. The van der Waals surface area contributed by atoms with Gasteiger partial charge in [-0.1, -0.05) is 6.07 Å². The molecule has 4 nitrogen and oxygen atoms in total. The summed E-state index contributed by atoms with van der Waals surface area (Å²) in [6.07, 6.45) is 0. The molecule has 72 valence electrons. The highest BCUT2D eigenvalue weighted by molar-refractivity contribution is 6.16. The second-order valence-electron chi connectivity index (χ2n) is 2.62. The average molecular weight is 213 g/mol. The molecule has 0 saturated carbocycles. The second kappa shape index (κ2) is 3.71. The minimum atomic E-state index is -0.335. The van der Waals surface area contributed by atoms with E-state index in [1.807, 2.05) is 0 Å². The van der Waals surface area contributed by atoms with E-state index < -0.39 is 0 Å². The van der Waals surface area contributed by atoms with Crippen LogP contribution in [0.25, 0.3) is 5.69 Å². The van der Waals surface area contributed by atoms with Crippen LogP contribution in [0.1, 0.15) is 5.82 Å². The Morgan fingerprint density at radius 1 is 1.43 bits per heavy atom. The minimum Gasteiger partial charge on any atom is -0.207 e. The van der Waals surface area contributed by atoms with Crippen molar-refractivity contribution >= 4 is 11.6 Å². The van der Waals surface area contributed by atoms with E-state index in [1.165, 1.54) is 16.8 Å². The molecule has 0 aliphatic heterocycles. The topological polar surface area (TPSA) is 43.6 Å². The van der Waals surface area contributed by atoms with Gasteiger partial charge in [0.2, 0.25) is 0 Å². The number of hydrogen-bond acceptors (Lipinski definition) is 3. The van der Waals surface area contributed by atoms with Gasteiger partial charge in [-0.3, -0.25) is 0 Å². The van der Waals surface area contributed by atoms with E-state index in [-0.39, 0.29) is 11.7 Å². The minimum absolute atomic E-state index is 0.184. The van der Waals surface area contributed by atoms with Gasteiger partial charge < -0.3 is 0 Å². The van der Waals surface area contributed by atoms with E-state index in [0.29, 0.717) is 11.5 Å². The van der Waals surface area contributed by atoms with Crippen LogP contribution in [-0.2, 0) is 5.88 Å². The maximum absolute atomic E-state index is 12.9. The van der Waals surface area contributed by atoms with Crippen molar-refractivity contribution in [3.05, 3.63) is 35.9 Å². The van der Waals surface area contributed by atoms with E-state index in [9.17, 15) is 4.39 Å². The zero-order valence-corrected chi connectivity index (χ0v) is 7.82. The molecule has 0 N–H and O–H groups in total. The Labute approximate surface area is 84.3 Å². The summed E-state index contributed by atoms with van der Waals surface area (Å²) >= 11 is 5.61. The van der Waals surface area contributed by atoms with Gasteiger partial charge in [-0.2, -0.15) is 4.68 Å². The molecule has 14 heavy (non-hydrogen) atoms. The van der Waals surface area contributed by atoms with Gasteiger partial charge in [0.25, 0.3) is 0 Å². The Hall–Kier alpha value is -1.49. The van der Waals surface area contributed by atoms with Gasteiger partial charge in [-0.15, -0.1) is 16.7 Å². The van der Waals surface area contributed by atoms with Crippen molar-refractivity contribution in [3.63, 3.8) is 0 Å². The molecule has 0 amide bonds. The zero-order valence-electron chi connectivity index (χ0n) is 7.06. The van der Waals surface area contributed by atoms with Crippen LogP contribution in [0.4, 0.5) is 4.39 Å². The van der Waals surface area contributed by atoms with Gasteiger partial charge in [0.05, 0.1) is 11.6 Å². The molecule has 0 fully saturated rings. The van der Waals surface area contributed by atoms with Gasteiger partial charge in [-0.05, 0) is 28.6 Å². The highest BCUT2D eigenvalue weighted by Gasteiger charge is 2.06. The van der Waals surface area contributed by atoms with Crippen LogP contribution >= 0.6 is 11.6 Å². The number of aromatic nitrogens is 4. The predicted molar refractivity (Wildman–Crippen MR) is 48.7 cm³/mol. The maximum atomic E-state index is 12.9. The van der Waals surface area contributed by atoms with Crippen LogP contribution in [0.5, 0.6) is 0 Å². The van der Waals surface area contributed by atoms with Gasteiger partial charge in [-0.25, -0.2) is 4.39 Å². The van der Waals surface area contributed by atoms with Crippen molar-refractivity contribution in [1.82, 2.24) is 20.2 Å². The molecule has 0 unspecified atom stereocenters. The summed E-state index contributed by atoms with van der Waals surface area (Å²) in [5.41, 5.74) is 0.561. The monoisotopic (exact) mass is 212 g/mol. The second-order valence-corrected chi connectivity index (χ2v) is 2.89. The fourth-order valence-corrected chi connectivity index (χ4v) is 1.26. The number of hydrogen-bond donors (Lipinski definition) is 0. The Morgan fingerprint density at radius 3 is 3.00 bits per heavy atom. The first-order chi connectivity index (χ1) is 6.81. The average Bonchev–Trinajstić information content (AvgIpc) is 2.65. The molecular formula is C8H6ClFN4. The fourth-order valence-electron chi connectivity index (χ4n) is 1.10. The SMILES string of the molecule is Fc1cccc(-n2nnnc2CCl)c1. The highest BCUT2D eigenvalue weighted by Crippen LogP contribution is 2.10. The number of halogens is 2. The van der Waals surface area contributed by atoms with Crippen LogP contribution in [0.15, 0.2) is 24.3 Å². The van der Waals surface area contributed by atoms with Crippen LogP contribution in [0, 0.1) is 5.82 Å². The first-order valence-electron chi connectivity index (χ1n) is 3.90. The van der Waals surface area contributed by atoms with E-state index in [2.05, 4.69) is 15.5 Å². The third-order valence-electron chi connectivity index (χ3n) is 1.71. The number of tetrazole rings is 1. The van der Waals surface area contributed by atoms with Crippen molar-refractivity contribution < 1.29 is 4.39 Å². The third kappa shape index (κ3) is 1.58. The predicted octanol–water partition coefficient (Wildman–Crippen LogP) is 1.54. The van der Waals surface area contributed by atoms with Crippen LogP contribution in [0.2, 0.25) is 0 Å². The Bertz CT molecular complexity index is 442. The molecule has 1 aromatic carbocycles. The molecule has 0 atom stereocenters. The summed E-state index contributed by atoms with van der Waals surface area (Å²) < 4.78 is 14.3. The number of alkyl halides is 1. The summed E-state index contributed by atoms with van der Waals surface area (Å²) in [5.74, 6) is 0.333. The Morgan fingerprint density at radius 2 is 2.29 bits per heavy atom. The number of benzene rings is 1. The maximum Gasteiger partial charge on any atom is 0.171 e. The summed E-state index contributed by atoms with van der Waals surface area (Å²) in [4.78, 5) is 0. The van der Waals surface area contributed by atoms with Gasteiger partial charge in [0.15, 0.2) is 5.82 Å². The van der Waals surface area contributed by atoms with Crippen LogP contribution in [-0.4, -0.2) is 20.2 Å². The smallest absolute Gasteiger partial charge is 0.171 e. The molecule has 6 heteroatoms. The quantitative estimate of drug-likeness (QED) is 0.710. The summed E-state index contributed by atoms with van der Waals surface area (Å²) in [6.45, 7) is 0. The molecule has 0 aliphatic rings.